The van der Waals surface area contributed by atoms with Gasteiger partial charge >= 0.3 is 0 Å². The molecule has 0 bridgehead atoms. The Kier molecular flexibility index (Phi) is 4.35. The molecule has 0 atom stereocenters. The summed E-state index contributed by atoms with van der Waals surface area (Å²) in [6, 6.07) is 46.9. The Labute approximate surface area is 222 Å². The van der Waals surface area contributed by atoms with E-state index in [2.05, 4.69) is 146 Å². The van der Waals surface area contributed by atoms with Crippen LogP contribution in [0.1, 0.15) is 25.0 Å². The molecule has 2 heterocycles. The molecule has 0 saturated heterocycles. The Morgan fingerprint density at radius 1 is 0.500 bits per heavy atom. The van der Waals surface area contributed by atoms with Crippen LogP contribution in [-0.4, -0.2) is 4.57 Å². The van der Waals surface area contributed by atoms with Crippen LogP contribution in [0.5, 0.6) is 0 Å². The number of benzene rings is 6. The van der Waals surface area contributed by atoms with Crippen LogP contribution in [0.25, 0.3) is 60.5 Å². The van der Waals surface area contributed by atoms with E-state index in [0.29, 0.717) is 0 Å². The fourth-order valence-corrected chi connectivity index (χ4v) is 6.76. The van der Waals surface area contributed by atoms with E-state index in [9.17, 15) is 0 Å². The maximum atomic E-state index is 2.49. The fraction of sp³-hybridized carbons (Fsp3) is 0.0811. The van der Waals surface area contributed by atoms with Gasteiger partial charge in [-0.2, -0.15) is 0 Å². The predicted octanol–water partition coefficient (Wildman–Crippen LogP) is 9.91. The van der Waals surface area contributed by atoms with Gasteiger partial charge in [0.2, 0.25) is 0 Å². The minimum Gasteiger partial charge on any atom is -0.309 e. The molecule has 1 aliphatic heterocycles. The number of aromatic nitrogens is 1. The Morgan fingerprint density at radius 2 is 1.16 bits per heavy atom. The summed E-state index contributed by atoms with van der Waals surface area (Å²) in [6.07, 6.45) is 0. The van der Waals surface area contributed by atoms with Crippen molar-refractivity contribution in [3.05, 3.63) is 139 Å². The molecule has 180 valence electrons. The maximum absolute atomic E-state index is 2.49. The average Bonchev–Trinajstić information content (AvgIpc) is 3.30. The molecule has 1 heteroatoms. The van der Waals surface area contributed by atoms with Gasteiger partial charge in [-0.05, 0) is 62.4 Å². The van der Waals surface area contributed by atoms with E-state index < -0.39 is 0 Å². The molecular weight excluding hydrogens is 458 g/mol. The molecule has 0 amide bonds. The van der Waals surface area contributed by atoms with Gasteiger partial charge in [-0.3, -0.25) is 0 Å². The van der Waals surface area contributed by atoms with Crippen LogP contribution in [-0.2, 0) is 5.41 Å². The summed E-state index contributed by atoms with van der Waals surface area (Å²) < 4.78 is 2.49. The summed E-state index contributed by atoms with van der Waals surface area (Å²) in [5, 5.41) is 5.18. The second kappa shape index (κ2) is 7.69. The minimum atomic E-state index is -0.0513. The maximum Gasteiger partial charge on any atom is 0.0582 e. The monoisotopic (exact) mass is 485 g/mol. The van der Waals surface area contributed by atoms with Gasteiger partial charge in [-0.25, -0.2) is 0 Å². The molecule has 8 rings (SSSR count). The summed E-state index contributed by atoms with van der Waals surface area (Å²) in [4.78, 5) is 0. The van der Waals surface area contributed by atoms with E-state index in [4.69, 9.17) is 0 Å². The third kappa shape index (κ3) is 2.82. The number of rotatable bonds is 2. The van der Waals surface area contributed by atoms with Crippen molar-refractivity contribution in [3.8, 4) is 27.9 Å². The molecule has 0 aliphatic carbocycles. The van der Waals surface area contributed by atoms with Gasteiger partial charge in [0.1, 0.15) is 0 Å². The first-order valence-corrected chi connectivity index (χ1v) is 13.4. The fourth-order valence-electron chi connectivity index (χ4n) is 6.76. The van der Waals surface area contributed by atoms with Crippen LogP contribution in [0.2, 0.25) is 0 Å². The SMILES string of the molecule is CC1(C)c2ccccc2-n2c3ccc(-c4ccccc4-c4cccc5ccccc45)cc3c3cccc1c32. The van der Waals surface area contributed by atoms with Crippen molar-refractivity contribution in [2.24, 2.45) is 0 Å². The highest BCUT2D eigenvalue weighted by atomic mass is 15.0. The quantitative estimate of drug-likeness (QED) is 0.230. The van der Waals surface area contributed by atoms with Gasteiger partial charge in [0, 0.05) is 16.2 Å². The largest absolute Gasteiger partial charge is 0.309 e. The summed E-state index contributed by atoms with van der Waals surface area (Å²) in [7, 11) is 0. The molecule has 1 aromatic heterocycles. The van der Waals surface area contributed by atoms with Crippen molar-refractivity contribution in [2.45, 2.75) is 19.3 Å². The van der Waals surface area contributed by atoms with E-state index in [0.717, 1.165) is 0 Å². The Balaban J connectivity index is 1.42. The van der Waals surface area contributed by atoms with Gasteiger partial charge < -0.3 is 4.57 Å². The third-order valence-electron chi connectivity index (χ3n) is 8.60. The lowest BCUT2D eigenvalue weighted by Crippen LogP contribution is -2.26. The van der Waals surface area contributed by atoms with E-state index in [1.807, 2.05) is 0 Å². The van der Waals surface area contributed by atoms with Crippen LogP contribution in [0.3, 0.4) is 0 Å². The number of nitrogens with zero attached hydrogens (tertiary/aromatic N) is 1. The highest BCUT2D eigenvalue weighted by molar-refractivity contribution is 6.13. The lowest BCUT2D eigenvalue weighted by Gasteiger charge is -2.34. The van der Waals surface area contributed by atoms with Crippen LogP contribution in [0.15, 0.2) is 127 Å². The molecule has 1 nitrogen and oxygen atoms in total. The average molecular weight is 486 g/mol. The highest BCUT2D eigenvalue weighted by Gasteiger charge is 2.34. The second-order valence-corrected chi connectivity index (χ2v) is 11.0. The zero-order valence-electron chi connectivity index (χ0n) is 21.6. The van der Waals surface area contributed by atoms with E-state index in [-0.39, 0.29) is 5.41 Å². The van der Waals surface area contributed by atoms with Crippen molar-refractivity contribution in [3.63, 3.8) is 0 Å². The first-order valence-electron chi connectivity index (χ1n) is 13.4. The lowest BCUT2D eigenvalue weighted by atomic mass is 9.75. The second-order valence-electron chi connectivity index (χ2n) is 11.0. The van der Waals surface area contributed by atoms with Gasteiger partial charge in [-0.15, -0.1) is 0 Å². The molecule has 0 N–H and O–H groups in total. The number of para-hydroxylation sites is 2. The van der Waals surface area contributed by atoms with Crippen molar-refractivity contribution < 1.29 is 0 Å². The van der Waals surface area contributed by atoms with Crippen molar-refractivity contribution in [2.75, 3.05) is 0 Å². The molecule has 0 fully saturated rings. The standard InChI is InChI=1S/C37H27N/c1-37(2)32-18-7-8-20-35(32)38-34-22-21-25(23-31(34)30-17-10-19-33(37)36(30)38)27-14-5-6-15-28(27)29-16-9-12-24-11-3-4-13-26(24)29/h3-23H,1-2H3. The number of hydrogen-bond acceptors (Lipinski definition) is 0. The molecule has 38 heavy (non-hydrogen) atoms. The normalized spacial score (nSPS) is 13.7. The highest BCUT2D eigenvalue weighted by Crippen LogP contribution is 2.48. The Hall–Kier alpha value is -4.62. The smallest absolute Gasteiger partial charge is 0.0582 e. The van der Waals surface area contributed by atoms with Crippen molar-refractivity contribution >= 4 is 32.6 Å². The topological polar surface area (TPSA) is 4.93 Å². The molecule has 1 aliphatic rings. The summed E-state index contributed by atoms with van der Waals surface area (Å²) >= 11 is 0. The number of hydrogen-bond donors (Lipinski definition) is 0. The van der Waals surface area contributed by atoms with Crippen LogP contribution >= 0.6 is 0 Å². The number of fused-ring (bicyclic) bond motifs is 6. The molecule has 6 aromatic carbocycles. The van der Waals surface area contributed by atoms with Gasteiger partial charge in [0.05, 0.1) is 16.7 Å². The van der Waals surface area contributed by atoms with Gasteiger partial charge in [0.15, 0.2) is 0 Å². The molecule has 7 aromatic rings. The van der Waals surface area contributed by atoms with Crippen molar-refractivity contribution in [1.29, 1.82) is 0 Å². The van der Waals surface area contributed by atoms with E-state index >= 15 is 0 Å². The first kappa shape index (κ1) is 21.5. The molecular formula is C37H27N. The van der Waals surface area contributed by atoms with Crippen LogP contribution < -0.4 is 0 Å². The summed E-state index contributed by atoms with van der Waals surface area (Å²) in [6.45, 7) is 4.71. The summed E-state index contributed by atoms with van der Waals surface area (Å²) in [5.74, 6) is 0. The molecule has 0 spiro atoms. The van der Waals surface area contributed by atoms with Crippen LogP contribution in [0.4, 0.5) is 0 Å². The Bertz CT molecular complexity index is 2050. The minimum absolute atomic E-state index is 0.0513. The van der Waals surface area contributed by atoms with Crippen LogP contribution in [0, 0.1) is 0 Å². The summed E-state index contributed by atoms with van der Waals surface area (Å²) in [5.41, 5.74) is 11.7. The molecule has 0 unspecified atom stereocenters. The molecule has 0 saturated carbocycles. The lowest BCUT2D eigenvalue weighted by molar-refractivity contribution is 0.630. The first-order chi connectivity index (χ1) is 18.6. The zero-order chi connectivity index (χ0) is 25.4. The van der Waals surface area contributed by atoms with Gasteiger partial charge in [-0.1, -0.05) is 123 Å². The van der Waals surface area contributed by atoms with Gasteiger partial charge in [0.25, 0.3) is 0 Å². The van der Waals surface area contributed by atoms with Crippen molar-refractivity contribution in [1.82, 2.24) is 4.57 Å². The Morgan fingerprint density at radius 3 is 2.08 bits per heavy atom. The zero-order valence-corrected chi connectivity index (χ0v) is 21.6. The predicted molar refractivity (Wildman–Crippen MR) is 161 cm³/mol. The molecule has 0 radical (unpaired) electrons. The third-order valence-corrected chi connectivity index (χ3v) is 8.60. The van der Waals surface area contributed by atoms with E-state index in [1.54, 1.807) is 0 Å². The van der Waals surface area contributed by atoms with E-state index in [1.165, 1.54) is 71.6 Å².